The summed E-state index contributed by atoms with van der Waals surface area (Å²) in [7, 11) is -3.04. The monoisotopic (exact) mass is 288 g/mol. The predicted molar refractivity (Wildman–Crippen MR) is 73.5 cm³/mol. The van der Waals surface area contributed by atoms with Crippen LogP contribution >= 0.6 is 0 Å². The molecule has 3 atom stereocenters. The Morgan fingerprint density at radius 3 is 2.58 bits per heavy atom. The summed E-state index contributed by atoms with van der Waals surface area (Å²) in [5, 5.41) is 11.1. The van der Waals surface area contributed by atoms with Gasteiger partial charge in [-0.05, 0) is 32.6 Å². The lowest BCUT2D eigenvalue weighted by molar-refractivity contribution is -0.0589. The van der Waals surface area contributed by atoms with E-state index in [4.69, 9.17) is 5.73 Å². The van der Waals surface area contributed by atoms with Crippen molar-refractivity contribution in [2.45, 2.75) is 50.3 Å². The van der Waals surface area contributed by atoms with Crippen LogP contribution in [-0.2, 0) is 9.84 Å². The van der Waals surface area contributed by atoms with Crippen LogP contribution in [0.3, 0.4) is 0 Å². The molecule has 2 saturated heterocycles. The molecule has 1 aliphatic carbocycles. The molecule has 2 heterocycles. The largest absolute Gasteiger partial charge is 0.388 e. The predicted octanol–water partition coefficient (Wildman–Crippen LogP) is -0.262. The first-order valence-corrected chi connectivity index (χ1v) is 9.02. The van der Waals surface area contributed by atoms with E-state index in [-0.39, 0.29) is 18.1 Å². The van der Waals surface area contributed by atoms with Gasteiger partial charge in [-0.3, -0.25) is 4.90 Å². The number of nitrogens with two attached hydrogens (primary N) is 1. The van der Waals surface area contributed by atoms with Crippen molar-refractivity contribution in [3.05, 3.63) is 0 Å². The molecule has 6 heteroatoms. The lowest BCUT2D eigenvalue weighted by Gasteiger charge is -2.41. The summed E-state index contributed by atoms with van der Waals surface area (Å²) in [5.74, 6) is 0.225. The minimum Gasteiger partial charge on any atom is -0.388 e. The third-order valence-corrected chi connectivity index (χ3v) is 7.24. The number of nitrogens with zero attached hydrogens (tertiary/aromatic N) is 1. The van der Waals surface area contributed by atoms with Gasteiger partial charge in [0.15, 0.2) is 9.84 Å². The molecule has 0 bridgehead atoms. The highest BCUT2D eigenvalue weighted by Gasteiger charge is 2.60. The summed E-state index contributed by atoms with van der Waals surface area (Å²) in [4.78, 5) is 2.35. The first kappa shape index (κ1) is 13.8. The number of β-amino-alcohol motifs (C(OH)–C–C–N with tert-alkyl or cyclic N) is 1. The molecule has 2 aliphatic heterocycles. The molecule has 0 aromatic heterocycles. The van der Waals surface area contributed by atoms with Crippen LogP contribution in [0.5, 0.6) is 0 Å². The van der Waals surface area contributed by atoms with Crippen LogP contribution < -0.4 is 5.73 Å². The lowest BCUT2D eigenvalue weighted by atomic mass is 9.70. The highest BCUT2D eigenvalue weighted by atomic mass is 32.2. The van der Waals surface area contributed by atoms with Crippen molar-refractivity contribution in [1.29, 1.82) is 0 Å². The molecule has 0 aromatic rings. The SMILES string of the molecule is CC1CC(O)(C2(CN)CCS(=O)(=O)C2)CN1C1CC1. The second-order valence-electron chi connectivity index (χ2n) is 6.81. The molecule has 5 nitrogen and oxygen atoms in total. The summed E-state index contributed by atoms with van der Waals surface area (Å²) >= 11 is 0. The normalized spacial score (nSPS) is 46.8. The molecule has 3 unspecified atom stereocenters. The molecule has 0 spiro atoms. The molecule has 1 saturated carbocycles. The van der Waals surface area contributed by atoms with E-state index in [1.165, 1.54) is 12.8 Å². The van der Waals surface area contributed by atoms with E-state index in [9.17, 15) is 13.5 Å². The fraction of sp³-hybridized carbons (Fsp3) is 1.00. The Labute approximate surface area is 115 Å². The molecule has 3 aliphatic rings. The summed E-state index contributed by atoms with van der Waals surface area (Å²) in [5.41, 5.74) is 4.32. The molecule has 3 N–H and O–H groups in total. The van der Waals surface area contributed by atoms with Crippen molar-refractivity contribution in [2.75, 3.05) is 24.6 Å². The van der Waals surface area contributed by atoms with Crippen LogP contribution in [0.2, 0.25) is 0 Å². The van der Waals surface area contributed by atoms with Crippen LogP contribution in [0, 0.1) is 5.41 Å². The quantitative estimate of drug-likeness (QED) is 0.747. The zero-order valence-electron chi connectivity index (χ0n) is 11.5. The first-order chi connectivity index (χ1) is 8.81. The minimum atomic E-state index is -3.04. The maximum absolute atomic E-state index is 11.8. The summed E-state index contributed by atoms with van der Waals surface area (Å²) < 4.78 is 23.7. The highest BCUT2D eigenvalue weighted by Crippen LogP contribution is 2.49. The Balaban J connectivity index is 1.87. The molecule has 110 valence electrons. The van der Waals surface area contributed by atoms with Crippen LogP contribution in [0.25, 0.3) is 0 Å². The Hall–Kier alpha value is -0.170. The van der Waals surface area contributed by atoms with E-state index >= 15 is 0 Å². The Kier molecular flexibility index (Phi) is 3.02. The van der Waals surface area contributed by atoms with Gasteiger partial charge in [0.05, 0.1) is 17.1 Å². The number of rotatable bonds is 3. The minimum absolute atomic E-state index is 0.0538. The first-order valence-electron chi connectivity index (χ1n) is 7.20. The number of aliphatic hydroxyl groups is 1. The molecule has 3 rings (SSSR count). The van der Waals surface area contributed by atoms with Gasteiger partial charge in [-0.1, -0.05) is 0 Å². The van der Waals surface area contributed by atoms with Gasteiger partial charge in [0, 0.05) is 30.6 Å². The van der Waals surface area contributed by atoms with Gasteiger partial charge in [-0.25, -0.2) is 8.42 Å². The average Bonchev–Trinajstić information content (AvgIpc) is 3.04. The molecule has 3 fully saturated rings. The molecular formula is C13H24N2O3S. The third kappa shape index (κ3) is 2.13. The second-order valence-corrected chi connectivity index (χ2v) is 9.00. The van der Waals surface area contributed by atoms with Crippen LogP contribution in [0.1, 0.15) is 32.6 Å². The van der Waals surface area contributed by atoms with Crippen LogP contribution in [0.4, 0.5) is 0 Å². The van der Waals surface area contributed by atoms with E-state index in [0.717, 1.165) is 0 Å². The van der Waals surface area contributed by atoms with E-state index in [2.05, 4.69) is 11.8 Å². The number of hydrogen-bond acceptors (Lipinski definition) is 5. The topological polar surface area (TPSA) is 83.6 Å². The fourth-order valence-electron chi connectivity index (χ4n) is 4.04. The van der Waals surface area contributed by atoms with Crippen molar-refractivity contribution in [2.24, 2.45) is 11.1 Å². The number of likely N-dealkylation sites (tertiary alicyclic amines) is 1. The second kappa shape index (κ2) is 4.16. The summed E-state index contributed by atoms with van der Waals surface area (Å²) in [6.45, 7) is 2.98. The molecule has 19 heavy (non-hydrogen) atoms. The van der Waals surface area contributed by atoms with Crippen molar-refractivity contribution in [1.82, 2.24) is 4.90 Å². The number of sulfone groups is 1. The smallest absolute Gasteiger partial charge is 0.151 e. The van der Waals surface area contributed by atoms with Gasteiger partial charge in [-0.2, -0.15) is 0 Å². The molecule has 0 radical (unpaired) electrons. The van der Waals surface area contributed by atoms with Gasteiger partial charge in [0.25, 0.3) is 0 Å². The van der Waals surface area contributed by atoms with E-state index in [1.54, 1.807) is 0 Å². The number of hydrogen-bond donors (Lipinski definition) is 2. The van der Waals surface area contributed by atoms with Crippen molar-refractivity contribution in [3.63, 3.8) is 0 Å². The van der Waals surface area contributed by atoms with E-state index in [1.807, 2.05) is 0 Å². The Morgan fingerprint density at radius 2 is 2.11 bits per heavy atom. The Bertz CT molecular complexity index is 476. The molecule has 0 aromatic carbocycles. The van der Waals surface area contributed by atoms with Gasteiger partial charge in [0.2, 0.25) is 0 Å². The fourth-order valence-corrected chi connectivity index (χ4v) is 6.26. The lowest BCUT2D eigenvalue weighted by Crippen LogP contribution is -2.55. The standard InChI is InChI=1S/C13H24N2O3S/c1-10-6-13(16,8-15(10)11-2-3-11)12(7-14)4-5-19(17,18)9-12/h10-11,16H,2-9,14H2,1H3. The van der Waals surface area contributed by atoms with Gasteiger partial charge in [0.1, 0.15) is 0 Å². The zero-order valence-corrected chi connectivity index (χ0v) is 12.3. The third-order valence-electron chi connectivity index (χ3n) is 5.43. The highest BCUT2D eigenvalue weighted by molar-refractivity contribution is 7.91. The molecule has 0 amide bonds. The summed E-state index contributed by atoms with van der Waals surface area (Å²) in [6.07, 6.45) is 3.56. The Morgan fingerprint density at radius 1 is 1.42 bits per heavy atom. The van der Waals surface area contributed by atoms with E-state index < -0.39 is 20.9 Å². The van der Waals surface area contributed by atoms with Crippen molar-refractivity contribution < 1.29 is 13.5 Å². The van der Waals surface area contributed by atoms with Gasteiger partial charge >= 0.3 is 0 Å². The van der Waals surface area contributed by atoms with Gasteiger partial charge in [-0.15, -0.1) is 0 Å². The maximum atomic E-state index is 11.8. The van der Waals surface area contributed by atoms with Gasteiger partial charge < -0.3 is 10.8 Å². The summed E-state index contributed by atoms with van der Waals surface area (Å²) in [6, 6.07) is 0.918. The van der Waals surface area contributed by atoms with Crippen LogP contribution in [0.15, 0.2) is 0 Å². The maximum Gasteiger partial charge on any atom is 0.151 e. The average molecular weight is 288 g/mol. The molecular weight excluding hydrogens is 264 g/mol. The van der Waals surface area contributed by atoms with Crippen molar-refractivity contribution >= 4 is 9.84 Å². The van der Waals surface area contributed by atoms with Crippen LogP contribution in [-0.4, -0.2) is 60.7 Å². The van der Waals surface area contributed by atoms with E-state index in [0.29, 0.717) is 31.5 Å². The zero-order chi connectivity index (χ0) is 13.9. The van der Waals surface area contributed by atoms with Crippen molar-refractivity contribution in [3.8, 4) is 0 Å².